The Morgan fingerprint density at radius 1 is 1.92 bits per heavy atom. The highest BCUT2D eigenvalue weighted by Crippen LogP contribution is 2.25. The average molecular weight is 189 g/mol. The second-order valence-electron chi connectivity index (χ2n) is 2.74. The molecule has 3 nitrogen and oxygen atoms in total. The molecule has 0 amide bonds. The summed E-state index contributed by atoms with van der Waals surface area (Å²) < 4.78 is -1.17. The van der Waals surface area contributed by atoms with Crippen LogP contribution in [-0.4, -0.2) is 21.9 Å². The van der Waals surface area contributed by atoms with E-state index in [1.165, 1.54) is 6.08 Å². The van der Waals surface area contributed by atoms with Crippen LogP contribution in [0.25, 0.3) is 0 Å². The molecular weight excluding hydrogens is 174 g/mol. The molecule has 0 saturated heterocycles. The number of hydrogen-bond donors (Lipinski definition) is 3. The lowest BCUT2D eigenvalue weighted by molar-refractivity contribution is -0.140. The van der Waals surface area contributed by atoms with Crippen LogP contribution in [0.3, 0.4) is 0 Å². The molecule has 0 aromatic carbocycles. The normalized spacial score (nSPS) is 17.9. The summed E-state index contributed by atoms with van der Waals surface area (Å²) in [5, 5.41) is 8.86. The Bertz CT molecular complexity index is 184. The van der Waals surface area contributed by atoms with Crippen molar-refractivity contribution in [3.63, 3.8) is 0 Å². The summed E-state index contributed by atoms with van der Waals surface area (Å²) in [7, 11) is 0. The van der Waals surface area contributed by atoms with Crippen molar-refractivity contribution < 1.29 is 9.90 Å². The lowest BCUT2D eigenvalue weighted by atomic mass is 9.94. The lowest BCUT2D eigenvalue weighted by Crippen LogP contribution is -2.49. The Morgan fingerprint density at radius 2 is 2.42 bits per heavy atom. The highest BCUT2D eigenvalue weighted by Gasteiger charge is 2.38. The number of carboxylic acid groups (broad SMARTS) is 1. The van der Waals surface area contributed by atoms with E-state index in [9.17, 15) is 4.79 Å². The second-order valence-corrected chi connectivity index (χ2v) is 3.53. The number of rotatable bonds is 5. The van der Waals surface area contributed by atoms with E-state index in [2.05, 4.69) is 19.2 Å². The van der Waals surface area contributed by atoms with Gasteiger partial charge < -0.3 is 10.8 Å². The van der Waals surface area contributed by atoms with Gasteiger partial charge in [0.05, 0.1) is 0 Å². The Labute approximate surface area is 78.1 Å². The van der Waals surface area contributed by atoms with Crippen molar-refractivity contribution in [3.8, 4) is 0 Å². The summed E-state index contributed by atoms with van der Waals surface area (Å²) in [6.45, 7) is 5.31. The molecule has 3 N–H and O–H groups in total. The average Bonchev–Trinajstić information content (AvgIpc) is 2.03. The van der Waals surface area contributed by atoms with Gasteiger partial charge in [0, 0.05) is 6.04 Å². The van der Waals surface area contributed by atoms with Crippen molar-refractivity contribution in [1.82, 2.24) is 0 Å². The third-order valence-electron chi connectivity index (χ3n) is 1.88. The highest BCUT2D eigenvalue weighted by atomic mass is 32.1. The third kappa shape index (κ3) is 2.25. The van der Waals surface area contributed by atoms with Crippen LogP contribution < -0.4 is 5.73 Å². The Balaban J connectivity index is 4.59. The lowest BCUT2D eigenvalue weighted by Gasteiger charge is -2.28. The van der Waals surface area contributed by atoms with Crippen LogP contribution in [0.15, 0.2) is 12.7 Å². The van der Waals surface area contributed by atoms with Crippen molar-refractivity contribution in [1.29, 1.82) is 0 Å². The van der Waals surface area contributed by atoms with Crippen LogP contribution in [0.5, 0.6) is 0 Å². The van der Waals surface area contributed by atoms with Crippen LogP contribution in [0.1, 0.15) is 19.8 Å². The van der Waals surface area contributed by atoms with Gasteiger partial charge in [-0.15, -0.1) is 6.58 Å². The Hall–Kier alpha value is -0.480. The largest absolute Gasteiger partial charge is 0.480 e. The first-order valence-electron chi connectivity index (χ1n) is 3.81. The molecule has 0 aromatic rings. The standard InChI is InChI=1S/C8H15NO2S/c1-3-5-8(12,7(10)11)6(9)4-2/h3,6,12H,1,4-5,9H2,2H3,(H,10,11). The second kappa shape index (κ2) is 4.52. The number of carbonyl (C=O) groups is 1. The van der Waals surface area contributed by atoms with Gasteiger partial charge in [0.2, 0.25) is 0 Å². The summed E-state index contributed by atoms with van der Waals surface area (Å²) in [4.78, 5) is 10.8. The first-order valence-corrected chi connectivity index (χ1v) is 4.26. The predicted molar refractivity (Wildman–Crippen MR) is 52.4 cm³/mol. The van der Waals surface area contributed by atoms with Gasteiger partial charge in [0.15, 0.2) is 0 Å². The molecule has 0 aromatic heterocycles. The Kier molecular flexibility index (Phi) is 4.34. The molecule has 2 atom stereocenters. The quantitative estimate of drug-likeness (QED) is 0.447. The maximum Gasteiger partial charge on any atom is 0.321 e. The molecule has 0 bridgehead atoms. The van der Waals surface area contributed by atoms with Gasteiger partial charge in [0.1, 0.15) is 4.75 Å². The van der Waals surface area contributed by atoms with Crippen LogP contribution in [0.4, 0.5) is 0 Å². The van der Waals surface area contributed by atoms with E-state index in [4.69, 9.17) is 10.8 Å². The van der Waals surface area contributed by atoms with E-state index in [0.29, 0.717) is 6.42 Å². The molecule has 2 unspecified atom stereocenters. The van der Waals surface area contributed by atoms with E-state index in [1.807, 2.05) is 6.92 Å². The van der Waals surface area contributed by atoms with E-state index in [-0.39, 0.29) is 6.42 Å². The van der Waals surface area contributed by atoms with Crippen molar-refractivity contribution >= 4 is 18.6 Å². The number of allylic oxidation sites excluding steroid dienone is 1. The fraction of sp³-hybridized carbons (Fsp3) is 0.625. The van der Waals surface area contributed by atoms with Crippen molar-refractivity contribution in [2.75, 3.05) is 0 Å². The number of thiol groups is 1. The van der Waals surface area contributed by atoms with Gasteiger partial charge in [-0.3, -0.25) is 4.79 Å². The molecular formula is C8H15NO2S. The van der Waals surface area contributed by atoms with E-state index in [1.54, 1.807) is 0 Å². The summed E-state index contributed by atoms with van der Waals surface area (Å²) in [6.07, 6.45) is 2.39. The third-order valence-corrected chi connectivity index (χ3v) is 2.58. The van der Waals surface area contributed by atoms with Gasteiger partial charge in [-0.2, -0.15) is 12.6 Å². The van der Waals surface area contributed by atoms with E-state index in [0.717, 1.165) is 0 Å². The van der Waals surface area contributed by atoms with Gasteiger partial charge in [-0.05, 0) is 12.8 Å². The number of aliphatic carboxylic acids is 1. The topological polar surface area (TPSA) is 63.3 Å². The van der Waals surface area contributed by atoms with Crippen LogP contribution in [0.2, 0.25) is 0 Å². The van der Waals surface area contributed by atoms with Crippen LogP contribution in [0, 0.1) is 0 Å². The molecule has 0 spiro atoms. The Morgan fingerprint density at radius 3 is 2.67 bits per heavy atom. The minimum atomic E-state index is -1.17. The van der Waals surface area contributed by atoms with Crippen LogP contribution >= 0.6 is 12.6 Å². The molecule has 0 saturated carbocycles. The minimum Gasteiger partial charge on any atom is -0.480 e. The molecule has 0 radical (unpaired) electrons. The molecule has 4 heteroatoms. The summed E-state index contributed by atoms with van der Waals surface area (Å²) in [5.41, 5.74) is 5.63. The maximum atomic E-state index is 10.8. The highest BCUT2D eigenvalue weighted by molar-refractivity contribution is 7.82. The first kappa shape index (κ1) is 11.5. The maximum absolute atomic E-state index is 10.8. The molecule has 0 heterocycles. The van der Waals surface area contributed by atoms with Gasteiger partial charge in [-0.1, -0.05) is 13.0 Å². The first-order chi connectivity index (χ1) is 5.49. The van der Waals surface area contributed by atoms with Crippen molar-refractivity contribution in [2.45, 2.75) is 30.6 Å². The predicted octanol–water partition coefficient (Wildman–Crippen LogP) is 1.05. The molecule has 0 rings (SSSR count). The van der Waals surface area contributed by atoms with E-state index < -0.39 is 16.8 Å². The zero-order chi connectivity index (χ0) is 9.78. The van der Waals surface area contributed by atoms with Gasteiger partial charge in [0.25, 0.3) is 0 Å². The SMILES string of the molecule is C=CCC(S)(C(=O)O)C(N)CC. The molecule has 70 valence electrons. The smallest absolute Gasteiger partial charge is 0.321 e. The minimum absolute atomic E-state index is 0.278. The molecule has 0 fully saturated rings. The van der Waals surface area contributed by atoms with Gasteiger partial charge >= 0.3 is 5.97 Å². The number of carboxylic acids is 1. The molecule has 0 aliphatic heterocycles. The van der Waals surface area contributed by atoms with Crippen molar-refractivity contribution in [3.05, 3.63) is 12.7 Å². The molecule has 0 aliphatic rings. The summed E-state index contributed by atoms with van der Waals surface area (Å²) in [5.74, 6) is -0.986. The van der Waals surface area contributed by atoms with Crippen molar-refractivity contribution in [2.24, 2.45) is 5.73 Å². The van der Waals surface area contributed by atoms with Crippen LogP contribution in [-0.2, 0) is 4.79 Å². The zero-order valence-corrected chi connectivity index (χ0v) is 8.05. The molecule has 0 aliphatic carbocycles. The summed E-state index contributed by atoms with van der Waals surface area (Å²) in [6, 6.07) is -0.448. The molecule has 12 heavy (non-hydrogen) atoms. The zero-order valence-electron chi connectivity index (χ0n) is 7.16. The number of nitrogens with two attached hydrogens (primary N) is 1. The summed E-state index contributed by atoms with van der Waals surface area (Å²) >= 11 is 4.07. The fourth-order valence-electron chi connectivity index (χ4n) is 0.955. The van der Waals surface area contributed by atoms with E-state index >= 15 is 0 Å². The van der Waals surface area contributed by atoms with Gasteiger partial charge in [-0.25, -0.2) is 0 Å². The fourth-order valence-corrected chi connectivity index (χ4v) is 1.27. The number of hydrogen-bond acceptors (Lipinski definition) is 3. The monoisotopic (exact) mass is 189 g/mol.